The predicted octanol–water partition coefficient (Wildman–Crippen LogP) is 0.333. The van der Waals surface area contributed by atoms with Crippen molar-refractivity contribution in [1.82, 2.24) is 10.3 Å². The van der Waals surface area contributed by atoms with Gasteiger partial charge < -0.3 is 15.2 Å². The van der Waals surface area contributed by atoms with Crippen LogP contribution in [0.3, 0.4) is 0 Å². The van der Waals surface area contributed by atoms with Crippen LogP contribution in [0.1, 0.15) is 16.8 Å². The van der Waals surface area contributed by atoms with Gasteiger partial charge in [0, 0.05) is 19.2 Å². The summed E-state index contributed by atoms with van der Waals surface area (Å²) >= 11 is 0. The van der Waals surface area contributed by atoms with E-state index in [1.165, 1.54) is 0 Å². The Kier molecular flexibility index (Phi) is 3.43. The van der Waals surface area contributed by atoms with Gasteiger partial charge in [0.05, 0.1) is 12.2 Å². The topological polar surface area (TPSA) is 88.5 Å². The van der Waals surface area contributed by atoms with Crippen molar-refractivity contribution in [1.29, 1.82) is 0 Å². The number of hydrogen-bond acceptors (Lipinski definition) is 4. The van der Waals surface area contributed by atoms with E-state index < -0.39 is 34.7 Å². The van der Waals surface area contributed by atoms with Crippen LogP contribution >= 0.6 is 0 Å². The van der Waals surface area contributed by atoms with Crippen molar-refractivity contribution in [2.45, 2.75) is 12.0 Å². The van der Waals surface area contributed by atoms with Gasteiger partial charge in [-0.1, -0.05) is 0 Å². The molecule has 2 heterocycles. The molecule has 2 N–H and O–H groups in total. The van der Waals surface area contributed by atoms with Gasteiger partial charge in [-0.25, -0.2) is 14.2 Å². The fourth-order valence-corrected chi connectivity index (χ4v) is 1.76. The van der Waals surface area contributed by atoms with Crippen LogP contribution in [0.5, 0.6) is 0 Å². The molecule has 6 nitrogen and oxygen atoms in total. The Morgan fingerprint density at radius 2 is 2.21 bits per heavy atom. The van der Waals surface area contributed by atoms with E-state index in [0.717, 1.165) is 12.3 Å². The third kappa shape index (κ3) is 2.39. The lowest BCUT2D eigenvalue weighted by Crippen LogP contribution is -2.55. The van der Waals surface area contributed by atoms with Crippen molar-refractivity contribution < 1.29 is 28.2 Å². The van der Waals surface area contributed by atoms with E-state index >= 15 is 0 Å². The molecule has 1 amide bonds. The zero-order valence-corrected chi connectivity index (χ0v) is 9.65. The largest absolute Gasteiger partial charge is 0.479 e. The Balaban J connectivity index is 2.25. The van der Waals surface area contributed by atoms with Crippen LogP contribution in [0.4, 0.5) is 8.78 Å². The number of halogens is 2. The Labute approximate surface area is 106 Å². The smallest absolute Gasteiger partial charge is 0.331 e. The maximum absolute atomic E-state index is 13.4. The molecule has 0 aromatic carbocycles. The van der Waals surface area contributed by atoms with Crippen molar-refractivity contribution in [2.24, 2.45) is 0 Å². The standard InChI is InChI=1S/C11H10F2N2O4/c12-7-6(1-3-14-8(7)13)9(16)15-11(10(17)18)2-4-19-5-11/h1,3H,2,4-5H2,(H,15,16)(H,17,18). The molecule has 1 fully saturated rings. The van der Waals surface area contributed by atoms with Crippen LogP contribution in [0.15, 0.2) is 12.3 Å². The Morgan fingerprint density at radius 1 is 1.47 bits per heavy atom. The monoisotopic (exact) mass is 272 g/mol. The molecule has 2 rings (SSSR count). The summed E-state index contributed by atoms with van der Waals surface area (Å²) < 4.78 is 31.2. The van der Waals surface area contributed by atoms with Crippen molar-refractivity contribution in [3.8, 4) is 0 Å². The highest BCUT2D eigenvalue weighted by molar-refractivity contribution is 5.98. The number of aliphatic carboxylic acids is 1. The Hall–Kier alpha value is -2.09. The average molecular weight is 272 g/mol. The minimum atomic E-state index is -1.61. The van der Waals surface area contributed by atoms with E-state index in [1.807, 2.05) is 0 Å². The first-order chi connectivity index (χ1) is 8.96. The van der Waals surface area contributed by atoms with Crippen LogP contribution in [0, 0.1) is 11.8 Å². The van der Waals surface area contributed by atoms with Crippen LogP contribution in [0.2, 0.25) is 0 Å². The lowest BCUT2D eigenvalue weighted by atomic mass is 9.98. The third-order valence-electron chi connectivity index (χ3n) is 2.88. The van der Waals surface area contributed by atoms with Gasteiger partial charge in [-0.2, -0.15) is 4.39 Å². The molecule has 8 heteroatoms. The number of carbonyl (C=O) groups is 2. The van der Waals surface area contributed by atoms with E-state index in [9.17, 15) is 18.4 Å². The number of rotatable bonds is 3. The number of hydrogen-bond donors (Lipinski definition) is 2. The molecular weight excluding hydrogens is 262 g/mol. The summed E-state index contributed by atoms with van der Waals surface area (Å²) in [5.74, 6) is -5.14. The minimum absolute atomic E-state index is 0.0588. The second-order valence-electron chi connectivity index (χ2n) is 4.11. The molecule has 0 saturated carbocycles. The number of carboxylic acid groups (broad SMARTS) is 1. The van der Waals surface area contributed by atoms with Crippen LogP contribution in [-0.4, -0.2) is 40.7 Å². The molecule has 1 saturated heterocycles. The first kappa shape index (κ1) is 13.3. The highest BCUT2D eigenvalue weighted by Gasteiger charge is 2.44. The molecule has 0 radical (unpaired) electrons. The molecule has 1 atom stereocenters. The second-order valence-corrected chi connectivity index (χ2v) is 4.11. The van der Waals surface area contributed by atoms with Gasteiger partial charge in [-0.15, -0.1) is 0 Å². The van der Waals surface area contributed by atoms with Crippen molar-refractivity contribution in [2.75, 3.05) is 13.2 Å². The van der Waals surface area contributed by atoms with E-state index in [0.29, 0.717) is 0 Å². The number of carbonyl (C=O) groups excluding carboxylic acids is 1. The highest BCUT2D eigenvalue weighted by atomic mass is 19.2. The van der Waals surface area contributed by atoms with Gasteiger partial charge in [-0.3, -0.25) is 4.79 Å². The number of carboxylic acids is 1. The number of ether oxygens (including phenoxy) is 1. The molecule has 0 aliphatic carbocycles. The SMILES string of the molecule is O=C(NC1(C(=O)O)CCOC1)c1ccnc(F)c1F. The second kappa shape index (κ2) is 4.88. The predicted molar refractivity (Wildman–Crippen MR) is 57.4 cm³/mol. The molecule has 1 unspecified atom stereocenters. The summed E-state index contributed by atoms with van der Waals surface area (Å²) in [5.41, 5.74) is -2.21. The van der Waals surface area contributed by atoms with Gasteiger partial charge in [0.25, 0.3) is 5.91 Å². The number of nitrogens with one attached hydrogen (secondary N) is 1. The Morgan fingerprint density at radius 3 is 2.79 bits per heavy atom. The molecule has 1 aromatic heterocycles. The minimum Gasteiger partial charge on any atom is -0.479 e. The molecule has 19 heavy (non-hydrogen) atoms. The first-order valence-electron chi connectivity index (χ1n) is 5.40. The molecule has 1 aliphatic heterocycles. The van der Waals surface area contributed by atoms with Gasteiger partial charge in [0.1, 0.15) is 0 Å². The summed E-state index contributed by atoms with van der Waals surface area (Å²) in [4.78, 5) is 26.0. The molecule has 0 bridgehead atoms. The maximum Gasteiger partial charge on any atom is 0.331 e. The number of amides is 1. The van der Waals surface area contributed by atoms with Crippen molar-refractivity contribution >= 4 is 11.9 Å². The number of aromatic nitrogens is 1. The van der Waals surface area contributed by atoms with Crippen LogP contribution < -0.4 is 5.32 Å². The maximum atomic E-state index is 13.4. The number of pyridine rings is 1. The van der Waals surface area contributed by atoms with E-state index in [-0.39, 0.29) is 19.6 Å². The van der Waals surface area contributed by atoms with E-state index in [4.69, 9.17) is 9.84 Å². The lowest BCUT2D eigenvalue weighted by molar-refractivity contribution is -0.144. The van der Waals surface area contributed by atoms with Crippen molar-refractivity contribution in [3.05, 3.63) is 29.6 Å². The highest BCUT2D eigenvalue weighted by Crippen LogP contribution is 2.20. The van der Waals surface area contributed by atoms with Gasteiger partial charge in [0.15, 0.2) is 11.4 Å². The molecule has 0 spiro atoms. The van der Waals surface area contributed by atoms with Crippen molar-refractivity contribution in [3.63, 3.8) is 0 Å². The fraction of sp³-hybridized carbons (Fsp3) is 0.364. The van der Waals surface area contributed by atoms with E-state index in [1.54, 1.807) is 0 Å². The summed E-state index contributed by atoms with van der Waals surface area (Å²) in [7, 11) is 0. The third-order valence-corrected chi connectivity index (χ3v) is 2.88. The zero-order chi connectivity index (χ0) is 14.0. The summed E-state index contributed by atoms with van der Waals surface area (Å²) in [6, 6.07) is 0.971. The molecule has 1 aromatic rings. The lowest BCUT2D eigenvalue weighted by Gasteiger charge is -2.23. The van der Waals surface area contributed by atoms with Gasteiger partial charge in [-0.05, 0) is 6.07 Å². The fourth-order valence-electron chi connectivity index (χ4n) is 1.76. The van der Waals surface area contributed by atoms with Gasteiger partial charge >= 0.3 is 5.97 Å². The summed E-state index contributed by atoms with van der Waals surface area (Å²) in [5, 5.41) is 11.3. The Bertz CT molecular complexity index is 529. The zero-order valence-electron chi connectivity index (χ0n) is 9.65. The van der Waals surface area contributed by atoms with E-state index in [2.05, 4.69) is 10.3 Å². The summed E-state index contributed by atoms with van der Waals surface area (Å²) in [6.45, 7) is -0.0526. The summed E-state index contributed by atoms with van der Waals surface area (Å²) in [6.07, 6.45) is 0.981. The number of nitrogens with zero attached hydrogens (tertiary/aromatic N) is 1. The van der Waals surface area contributed by atoms with Gasteiger partial charge in [0.2, 0.25) is 5.95 Å². The first-order valence-corrected chi connectivity index (χ1v) is 5.40. The average Bonchev–Trinajstić information content (AvgIpc) is 2.82. The van der Waals surface area contributed by atoms with Crippen LogP contribution in [-0.2, 0) is 9.53 Å². The normalized spacial score (nSPS) is 22.2. The van der Waals surface area contributed by atoms with Crippen LogP contribution in [0.25, 0.3) is 0 Å². The molecule has 102 valence electrons. The quantitative estimate of drug-likeness (QED) is 0.774. The molecule has 1 aliphatic rings. The molecular formula is C11H10F2N2O4.